The number of amides is 1. The Hall–Kier alpha value is -1.81. The molecule has 2 atom stereocenters. The first-order valence-corrected chi connectivity index (χ1v) is 6.77. The first-order valence-electron chi connectivity index (χ1n) is 6.77. The summed E-state index contributed by atoms with van der Waals surface area (Å²) in [5, 5.41) is 13.3. The molecule has 2 unspecified atom stereocenters. The van der Waals surface area contributed by atoms with Crippen molar-refractivity contribution in [2.45, 2.75) is 25.3 Å². The molecule has 0 saturated heterocycles. The zero-order valence-electron chi connectivity index (χ0n) is 10.7. The summed E-state index contributed by atoms with van der Waals surface area (Å²) in [5.41, 5.74) is 1.65. The molecule has 1 amide bonds. The molecule has 1 heterocycles. The lowest BCUT2D eigenvalue weighted by Gasteiger charge is -2.18. The minimum Gasteiger partial charge on any atom is -0.396 e. The van der Waals surface area contributed by atoms with Crippen LogP contribution in [0.5, 0.6) is 0 Å². The van der Waals surface area contributed by atoms with Crippen LogP contribution in [0.25, 0.3) is 10.9 Å². The zero-order chi connectivity index (χ0) is 13.2. The molecule has 19 heavy (non-hydrogen) atoms. The Morgan fingerprint density at radius 3 is 3.05 bits per heavy atom. The molecule has 1 aliphatic rings. The molecule has 1 aliphatic carbocycles. The molecule has 0 aliphatic heterocycles. The molecule has 1 saturated carbocycles. The fourth-order valence-corrected chi connectivity index (χ4v) is 2.95. The number of aliphatic hydroxyl groups is 1. The van der Waals surface area contributed by atoms with E-state index in [1.54, 1.807) is 6.20 Å². The highest BCUT2D eigenvalue weighted by atomic mass is 16.3. The minimum absolute atomic E-state index is 0.0530. The van der Waals surface area contributed by atoms with Crippen LogP contribution >= 0.6 is 0 Å². The SMILES string of the molecule is O=C(NC1CCCC1CO)c1c[nH]c2ccccc12. The summed E-state index contributed by atoms with van der Waals surface area (Å²) in [6.07, 6.45) is 4.78. The molecule has 1 fully saturated rings. The maximum Gasteiger partial charge on any atom is 0.253 e. The first kappa shape index (κ1) is 12.2. The predicted molar refractivity (Wildman–Crippen MR) is 74.0 cm³/mol. The molecule has 0 bridgehead atoms. The van der Waals surface area contributed by atoms with Gasteiger partial charge in [-0.1, -0.05) is 24.6 Å². The van der Waals surface area contributed by atoms with Gasteiger partial charge in [-0.05, 0) is 18.9 Å². The predicted octanol–water partition coefficient (Wildman–Crippen LogP) is 2.06. The van der Waals surface area contributed by atoms with Crippen molar-refractivity contribution in [3.05, 3.63) is 36.0 Å². The Labute approximate surface area is 111 Å². The first-order chi connectivity index (χ1) is 9.29. The largest absolute Gasteiger partial charge is 0.396 e. The van der Waals surface area contributed by atoms with Gasteiger partial charge in [0.15, 0.2) is 0 Å². The van der Waals surface area contributed by atoms with Crippen LogP contribution in [0.1, 0.15) is 29.6 Å². The van der Waals surface area contributed by atoms with E-state index in [0.717, 1.165) is 30.2 Å². The molecule has 3 N–H and O–H groups in total. The number of H-pyrrole nitrogens is 1. The number of para-hydroxylation sites is 1. The van der Waals surface area contributed by atoms with Crippen molar-refractivity contribution in [2.75, 3.05) is 6.61 Å². The average molecular weight is 258 g/mol. The minimum atomic E-state index is -0.0530. The highest BCUT2D eigenvalue weighted by Gasteiger charge is 2.28. The lowest BCUT2D eigenvalue weighted by Crippen LogP contribution is -2.38. The third kappa shape index (κ3) is 2.24. The summed E-state index contributed by atoms with van der Waals surface area (Å²) in [6.45, 7) is 0.152. The highest BCUT2D eigenvalue weighted by Crippen LogP contribution is 2.26. The molecule has 1 aromatic carbocycles. The second-order valence-electron chi connectivity index (χ2n) is 5.20. The normalized spacial score (nSPS) is 22.8. The Morgan fingerprint density at radius 2 is 2.21 bits per heavy atom. The lowest BCUT2D eigenvalue weighted by atomic mass is 10.0. The smallest absolute Gasteiger partial charge is 0.253 e. The average Bonchev–Trinajstić information content (AvgIpc) is 3.04. The Morgan fingerprint density at radius 1 is 1.37 bits per heavy atom. The second-order valence-corrected chi connectivity index (χ2v) is 5.20. The van der Waals surface area contributed by atoms with Gasteiger partial charge in [-0.15, -0.1) is 0 Å². The number of benzene rings is 1. The van der Waals surface area contributed by atoms with Crippen LogP contribution in [0.2, 0.25) is 0 Å². The molecule has 4 nitrogen and oxygen atoms in total. The fourth-order valence-electron chi connectivity index (χ4n) is 2.95. The van der Waals surface area contributed by atoms with Crippen molar-refractivity contribution in [3.63, 3.8) is 0 Å². The topological polar surface area (TPSA) is 65.1 Å². The Bertz CT molecular complexity index is 591. The van der Waals surface area contributed by atoms with E-state index in [1.807, 2.05) is 24.3 Å². The summed E-state index contributed by atoms with van der Waals surface area (Å²) >= 11 is 0. The van der Waals surface area contributed by atoms with Gasteiger partial charge in [-0.2, -0.15) is 0 Å². The van der Waals surface area contributed by atoms with Gasteiger partial charge in [0.05, 0.1) is 5.56 Å². The van der Waals surface area contributed by atoms with Crippen LogP contribution in [-0.2, 0) is 0 Å². The fraction of sp³-hybridized carbons (Fsp3) is 0.400. The monoisotopic (exact) mass is 258 g/mol. The molecule has 0 radical (unpaired) electrons. The number of aliphatic hydroxyl groups excluding tert-OH is 1. The van der Waals surface area contributed by atoms with E-state index < -0.39 is 0 Å². The summed E-state index contributed by atoms with van der Waals surface area (Å²) < 4.78 is 0. The van der Waals surface area contributed by atoms with Crippen LogP contribution in [0.15, 0.2) is 30.5 Å². The molecular weight excluding hydrogens is 240 g/mol. The van der Waals surface area contributed by atoms with Gasteiger partial charge in [0.25, 0.3) is 5.91 Å². The lowest BCUT2D eigenvalue weighted by molar-refractivity contribution is 0.0918. The van der Waals surface area contributed by atoms with Crippen LogP contribution in [-0.4, -0.2) is 28.6 Å². The summed E-state index contributed by atoms with van der Waals surface area (Å²) in [4.78, 5) is 15.4. The number of aromatic nitrogens is 1. The third-order valence-electron chi connectivity index (χ3n) is 4.04. The highest BCUT2D eigenvalue weighted by molar-refractivity contribution is 6.06. The second kappa shape index (κ2) is 5.05. The van der Waals surface area contributed by atoms with Gasteiger partial charge < -0.3 is 15.4 Å². The number of nitrogens with one attached hydrogen (secondary N) is 2. The van der Waals surface area contributed by atoms with Gasteiger partial charge in [0.2, 0.25) is 0 Å². The van der Waals surface area contributed by atoms with E-state index in [1.165, 1.54) is 0 Å². The summed E-state index contributed by atoms with van der Waals surface area (Å²) in [5.74, 6) is 0.150. The number of rotatable bonds is 3. The quantitative estimate of drug-likeness (QED) is 0.789. The number of hydrogen-bond donors (Lipinski definition) is 3. The molecule has 0 spiro atoms. The third-order valence-corrected chi connectivity index (χ3v) is 4.04. The van der Waals surface area contributed by atoms with Crippen LogP contribution in [0, 0.1) is 5.92 Å². The van der Waals surface area contributed by atoms with Gasteiger partial charge in [-0.25, -0.2) is 0 Å². The van der Waals surface area contributed by atoms with E-state index in [-0.39, 0.29) is 24.5 Å². The Kier molecular flexibility index (Phi) is 3.25. The standard InChI is InChI=1S/C15H18N2O2/c18-9-10-4-3-7-13(10)17-15(19)12-8-16-14-6-2-1-5-11(12)14/h1-2,5-6,8,10,13,16,18H,3-4,7,9H2,(H,17,19). The van der Waals surface area contributed by atoms with Crippen molar-refractivity contribution in [3.8, 4) is 0 Å². The Balaban J connectivity index is 1.80. The molecule has 100 valence electrons. The van der Waals surface area contributed by atoms with Crippen molar-refractivity contribution in [2.24, 2.45) is 5.92 Å². The molecular formula is C15H18N2O2. The number of aromatic amines is 1. The van der Waals surface area contributed by atoms with Crippen LogP contribution < -0.4 is 5.32 Å². The maximum atomic E-state index is 12.3. The van der Waals surface area contributed by atoms with Crippen molar-refractivity contribution in [1.29, 1.82) is 0 Å². The van der Waals surface area contributed by atoms with Crippen LogP contribution in [0.4, 0.5) is 0 Å². The summed E-state index contributed by atoms with van der Waals surface area (Å²) in [7, 11) is 0. The van der Waals surface area contributed by atoms with Gasteiger partial charge in [0, 0.05) is 35.7 Å². The van der Waals surface area contributed by atoms with Crippen molar-refractivity contribution >= 4 is 16.8 Å². The number of carbonyl (C=O) groups excluding carboxylic acids is 1. The molecule has 1 aromatic heterocycles. The van der Waals surface area contributed by atoms with Crippen molar-refractivity contribution in [1.82, 2.24) is 10.3 Å². The maximum absolute atomic E-state index is 12.3. The van der Waals surface area contributed by atoms with E-state index in [4.69, 9.17) is 0 Å². The van der Waals surface area contributed by atoms with Gasteiger partial charge in [-0.3, -0.25) is 4.79 Å². The van der Waals surface area contributed by atoms with Gasteiger partial charge >= 0.3 is 0 Å². The van der Waals surface area contributed by atoms with E-state index in [0.29, 0.717) is 5.56 Å². The van der Waals surface area contributed by atoms with E-state index >= 15 is 0 Å². The molecule has 4 heteroatoms. The molecule has 2 aromatic rings. The van der Waals surface area contributed by atoms with E-state index in [2.05, 4.69) is 10.3 Å². The number of carbonyl (C=O) groups is 1. The number of fused-ring (bicyclic) bond motifs is 1. The van der Waals surface area contributed by atoms with E-state index in [9.17, 15) is 9.90 Å². The van der Waals surface area contributed by atoms with Crippen molar-refractivity contribution < 1.29 is 9.90 Å². The number of hydrogen-bond acceptors (Lipinski definition) is 2. The summed E-state index contributed by atoms with van der Waals surface area (Å²) in [6, 6.07) is 7.88. The van der Waals surface area contributed by atoms with Crippen LogP contribution in [0.3, 0.4) is 0 Å². The zero-order valence-corrected chi connectivity index (χ0v) is 10.7. The molecule has 3 rings (SSSR count). The van der Waals surface area contributed by atoms with Gasteiger partial charge in [0.1, 0.15) is 0 Å².